The number of aryl methyl sites for hydroxylation is 1. The van der Waals surface area contributed by atoms with Crippen LogP contribution in [0.1, 0.15) is 11.1 Å². The first-order valence-electron chi connectivity index (χ1n) is 6.78. The van der Waals surface area contributed by atoms with Crippen LogP contribution in [0.15, 0.2) is 42.5 Å². The highest BCUT2D eigenvalue weighted by atomic mass is 35.5. The first-order chi connectivity index (χ1) is 10.5. The Hall–Kier alpha value is -2.20. The normalized spacial score (nSPS) is 11.8. The molecule has 1 atom stereocenters. The van der Waals surface area contributed by atoms with E-state index < -0.39 is 12.1 Å². The summed E-state index contributed by atoms with van der Waals surface area (Å²) >= 11 is 5.96. The highest BCUT2D eigenvalue weighted by Gasteiger charge is 2.22. The fourth-order valence-corrected chi connectivity index (χ4v) is 2.22. The molecule has 2 aromatic carbocycles. The third kappa shape index (κ3) is 3.92. The van der Waals surface area contributed by atoms with Gasteiger partial charge >= 0.3 is 5.97 Å². The molecule has 0 fully saturated rings. The molecule has 0 heterocycles. The Kier molecular flexibility index (Phi) is 5.28. The Morgan fingerprint density at radius 2 is 2.00 bits per heavy atom. The van der Waals surface area contributed by atoms with Crippen molar-refractivity contribution in [2.45, 2.75) is 19.4 Å². The number of rotatable bonds is 6. The zero-order chi connectivity index (χ0) is 16.1. The molecule has 0 radical (unpaired) electrons. The Bertz CT molecular complexity index is 669. The fourth-order valence-electron chi connectivity index (χ4n) is 2.11. The molecule has 0 aliphatic rings. The maximum absolute atomic E-state index is 11.5. The summed E-state index contributed by atoms with van der Waals surface area (Å²) in [5.74, 6) is 0.0901. The number of hydrogen-bond donors (Lipinski definition) is 1. The van der Waals surface area contributed by atoms with Crippen molar-refractivity contribution in [3.8, 4) is 11.5 Å². The van der Waals surface area contributed by atoms with Crippen molar-refractivity contribution in [3.05, 3.63) is 58.6 Å². The molecule has 0 saturated carbocycles. The van der Waals surface area contributed by atoms with Crippen LogP contribution in [0.2, 0.25) is 5.02 Å². The van der Waals surface area contributed by atoms with Crippen LogP contribution in [0, 0.1) is 6.92 Å². The maximum atomic E-state index is 11.5. The predicted molar refractivity (Wildman–Crippen MR) is 84.9 cm³/mol. The molecule has 2 rings (SSSR count). The van der Waals surface area contributed by atoms with Crippen LogP contribution in [-0.4, -0.2) is 24.3 Å². The van der Waals surface area contributed by atoms with Crippen molar-refractivity contribution in [3.63, 3.8) is 0 Å². The van der Waals surface area contributed by atoms with E-state index in [9.17, 15) is 9.90 Å². The number of benzene rings is 2. The SMILES string of the molecule is COc1ccccc1CC(Oc1ccc(Cl)c(C)c1)C(=O)O. The molecule has 4 nitrogen and oxygen atoms in total. The molecule has 0 amide bonds. The fraction of sp³-hybridized carbons (Fsp3) is 0.235. The van der Waals surface area contributed by atoms with Crippen LogP contribution < -0.4 is 9.47 Å². The van der Waals surface area contributed by atoms with Crippen molar-refractivity contribution in [2.75, 3.05) is 7.11 Å². The smallest absolute Gasteiger partial charge is 0.345 e. The van der Waals surface area contributed by atoms with Crippen molar-refractivity contribution >= 4 is 17.6 Å². The van der Waals surface area contributed by atoms with Crippen LogP contribution >= 0.6 is 11.6 Å². The zero-order valence-electron chi connectivity index (χ0n) is 12.4. The molecule has 0 spiro atoms. The Morgan fingerprint density at radius 3 is 2.64 bits per heavy atom. The summed E-state index contributed by atoms with van der Waals surface area (Å²) in [6.45, 7) is 1.84. The number of ether oxygens (including phenoxy) is 2. The lowest BCUT2D eigenvalue weighted by Gasteiger charge is -2.17. The van der Waals surface area contributed by atoms with E-state index in [0.29, 0.717) is 16.5 Å². The van der Waals surface area contributed by atoms with Gasteiger partial charge in [0.15, 0.2) is 6.10 Å². The lowest BCUT2D eigenvalue weighted by molar-refractivity contribution is -0.145. The molecule has 22 heavy (non-hydrogen) atoms. The van der Waals surface area contributed by atoms with E-state index in [2.05, 4.69) is 0 Å². The number of methoxy groups -OCH3 is 1. The summed E-state index contributed by atoms with van der Waals surface area (Å²) in [6.07, 6.45) is -0.794. The van der Waals surface area contributed by atoms with Crippen LogP contribution in [-0.2, 0) is 11.2 Å². The summed E-state index contributed by atoms with van der Waals surface area (Å²) in [5, 5.41) is 10.0. The summed E-state index contributed by atoms with van der Waals surface area (Å²) in [7, 11) is 1.55. The van der Waals surface area contributed by atoms with E-state index in [-0.39, 0.29) is 6.42 Å². The molecule has 0 saturated heterocycles. The lowest BCUT2D eigenvalue weighted by atomic mass is 10.1. The topological polar surface area (TPSA) is 55.8 Å². The first kappa shape index (κ1) is 16.2. The van der Waals surface area contributed by atoms with E-state index >= 15 is 0 Å². The van der Waals surface area contributed by atoms with Crippen molar-refractivity contribution in [2.24, 2.45) is 0 Å². The van der Waals surface area contributed by atoms with Gasteiger partial charge in [-0.1, -0.05) is 29.8 Å². The highest BCUT2D eigenvalue weighted by Crippen LogP contribution is 2.24. The number of halogens is 1. The number of hydrogen-bond acceptors (Lipinski definition) is 3. The number of para-hydroxylation sites is 1. The molecule has 2 aromatic rings. The van der Waals surface area contributed by atoms with Gasteiger partial charge in [0, 0.05) is 11.4 Å². The van der Waals surface area contributed by atoms with Crippen molar-refractivity contribution < 1.29 is 19.4 Å². The van der Waals surface area contributed by atoms with Crippen LogP contribution in [0.4, 0.5) is 0 Å². The van der Waals surface area contributed by atoms with Crippen LogP contribution in [0.5, 0.6) is 11.5 Å². The van der Waals surface area contributed by atoms with Gasteiger partial charge in [-0.25, -0.2) is 4.79 Å². The number of carboxylic acid groups (broad SMARTS) is 1. The lowest BCUT2D eigenvalue weighted by Crippen LogP contribution is -2.29. The Morgan fingerprint density at radius 1 is 1.27 bits per heavy atom. The van der Waals surface area contributed by atoms with Gasteiger partial charge in [0.1, 0.15) is 11.5 Å². The average molecular weight is 321 g/mol. The van der Waals surface area contributed by atoms with E-state index in [1.165, 1.54) is 0 Å². The summed E-state index contributed by atoms with van der Waals surface area (Å²) in [5.41, 5.74) is 1.61. The van der Waals surface area contributed by atoms with Crippen molar-refractivity contribution in [1.29, 1.82) is 0 Å². The highest BCUT2D eigenvalue weighted by molar-refractivity contribution is 6.31. The molecular formula is C17H17ClO4. The molecule has 1 unspecified atom stereocenters. The van der Waals surface area contributed by atoms with E-state index in [0.717, 1.165) is 11.1 Å². The summed E-state index contributed by atoms with van der Waals surface area (Å²) in [4.78, 5) is 11.5. The third-order valence-electron chi connectivity index (χ3n) is 3.28. The third-order valence-corrected chi connectivity index (χ3v) is 3.71. The average Bonchev–Trinajstić information content (AvgIpc) is 2.50. The van der Waals surface area contributed by atoms with Crippen LogP contribution in [0.3, 0.4) is 0 Å². The standard InChI is InChI=1S/C17H17ClO4/c1-11-9-13(7-8-14(11)18)22-16(17(19)20)10-12-5-3-4-6-15(12)21-2/h3-9,16H,10H2,1-2H3,(H,19,20). The number of aliphatic carboxylic acids is 1. The van der Waals surface area contributed by atoms with Gasteiger partial charge < -0.3 is 14.6 Å². The molecule has 116 valence electrons. The second-order valence-corrected chi connectivity index (χ2v) is 5.28. The van der Waals surface area contributed by atoms with Crippen LogP contribution in [0.25, 0.3) is 0 Å². The monoisotopic (exact) mass is 320 g/mol. The van der Waals surface area contributed by atoms with Crippen molar-refractivity contribution in [1.82, 2.24) is 0 Å². The van der Waals surface area contributed by atoms with E-state index in [4.69, 9.17) is 21.1 Å². The second kappa shape index (κ2) is 7.18. The van der Waals surface area contributed by atoms with E-state index in [1.54, 1.807) is 31.4 Å². The zero-order valence-corrected chi connectivity index (χ0v) is 13.1. The Balaban J connectivity index is 2.20. The number of carbonyl (C=O) groups is 1. The predicted octanol–water partition coefficient (Wildman–Crippen LogP) is 3.73. The largest absolute Gasteiger partial charge is 0.496 e. The molecule has 0 aliphatic carbocycles. The van der Waals surface area contributed by atoms with Gasteiger partial charge in [-0.3, -0.25) is 0 Å². The molecule has 0 bridgehead atoms. The van der Waals surface area contributed by atoms with E-state index in [1.807, 2.05) is 25.1 Å². The molecule has 5 heteroatoms. The summed E-state index contributed by atoms with van der Waals surface area (Å²) < 4.78 is 10.8. The number of carboxylic acids is 1. The van der Waals surface area contributed by atoms with Gasteiger partial charge in [0.2, 0.25) is 0 Å². The van der Waals surface area contributed by atoms with Gasteiger partial charge in [-0.2, -0.15) is 0 Å². The minimum Gasteiger partial charge on any atom is -0.496 e. The van der Waals surface area contributed by atoms with Gasteiger partial charge in [0.05, 0.1) is 7.11 Å². The Labute approximate surface area is 134 Å². The summed E-state index contributed by atoms with van der Waals surface area (Å²) in [6, 6.07) is 12.4. The maximum Gasteiger partial charge on any atom is 0.345 e. The second-order valence-electron chi connectivity index (χ2n) is 4.87. The van der Waals surface area contributed by atoms with Gasteiger partial charge in [-0.15, -0.1) is 0 Å². The quantitative estimate of drug-likeness (QED) is 0.881. The minimum atomic E-state index is -1.03. The molecule has 0 aromatic heterocycles. The van der Waals surface area contributed by atoms with Gasteiger partial charge in [0.25, 0.3) is 0 Å². The molecular weight excluding hydrogens is 304 g/mol. The first-order valence-corrected chi connectivity index (χ1v) is 7.16. The molecule has 1 N–H and O–H groups in total. The van der Waals surface area contributed by atoms with Gasteiger partial charge in [-0.05, 0) is 42.3 Å². The molecule has 0 aliphatic heterocycles. The minimum absolute atomic E-state index is 0.209.